The lowest BCUT2D eigenvalue weighted by atomic mass is 10.1. The van der Waals surface area contributed by atoms with Crippen molar-refractivity contribution < 1.29 is 8.42 Å². The SMILES string of the molecule is CCc1nn(C)c(=O)c2cc(S(=O)(=O)Nc3cccc(C)c3C)cn12. The van der Waals surface area contributed by atoms with Gasteiger partial charge in [-0.2, -0.15) is 5.10 Å². The van der Waals surface area contributed by atoms with Gasteiger partial charge in [-0.15, -0.1) is 0 Å². The third-order valence-corrected chi connectivity index (χ3v) is 5.66. The molecule has 1 aromatic carbocycles. The lowest BCUT2D eigenvalue weighted by Crippen LogP contribution is -2.23. The van der Waals surface area contributed by atoms with Crippen molar-refractivity contribution in [2.75, 3.05) is 4.72 Å². The lowest BCUT2D eigenvalue weighted by Gasteiger charge is -2.11. The Morgan fingerprint density at radius 1 is 1.24 bits per heavy atom. The van der Waals surface area contributed by atoms with Gasteiger partial charge in [0.25, 0.3) is 15.6 Å². The van der Waals surface area contributed by atoms with E-state index < -0.39 is 10.0 Å². The zero-order valence-electron chi connectivity index (χ0n) is 14.6. The second kappa shape index (κ2) is 6.03. The van der Waals surface area contributed by atoms with Crippen LogP contribution in [0, 0.1) is 13.8 Å². The van der Waals surface area contributed by atoms with Crippen LogP contribution in [0.4, 0.5) is 5.69 Å². The fraction of sp³-hybridized carbons (Fsp3) is 0.294. The highest BCUT2D eigenvalue weighted by Crippen LogP contribution is 2.23. The molecule has 2 heterocycles. The molecule has 0 aliphatic heterocycles. The molecule has 8 heteroatoms. The van der Waals surface area contributed by atoms with Crippen molar-refractivity contribution in [1.82, 2.24) is 14.2 Å². The van der Waals surface area contributed by atoms with Crippen LogP contribution in [0.1, 0.15) is 23.9 Å². The van der Waals surface area contributed by atoms with E-state index in [1.54, 1.807) is 23.6 Å². The summed E-state index contributed by atoms with van der Waals surface area (Å²) in [5.41, 5.74) is 2.33. The number of hydrogen-bond donors (Lipinski definition) is 1. The number of sulfonamides is 1. The summed E-state index contributed by atoms with van der Waals surface area (Å²) in [4.78, 5) is 12.3. The molecule has 0 bridgehead atoms. The zero-order chi connectivity index (χ0) is 18.4. The summed E-state index contributed by atoms with van der Waals surface area (Å²) in [5, 5.41) is 4.18. The third kappa shape index (κ3) is 2.93. The van der Waals surface area contributed by atoms with Crippen LogP contribution >= 0.6 is 0 Å². The van der Waals surface area contributed by atoms with Gasteiger partial charge in [0.05, 0.1) is 5.69 Å². The second-order valence-corrected chi connectivity index (χ2v) is 7.66. The number of aryl methyl sites for hydroxylation is 3. The van der Waals surface area contributed by atoms with Crippen molar-refractivity contribution in [2.24, 2.45) is 7.05 Å². The smallest absolute Gasteiger partial charge is 0.290 e. The van der Waals surface area contributed by atoms with Gasteiger partial charge in [-0.3, -0.25) is 13.9 Å². The number of nitrogens with zero attached hydrogens (tertiary/aromatic N) is 3. The van der Waals surface area contributed by atoms with Crippen molar-refractivity contribution in [3.05, 3.63) is 57.8 Å². The Morgan fingerprint density at radius 2 is 1.96 bits per heavy atom. The van der Waals surface area contributed by atoms with E-state index in [1.165, 1.54) is 16.9 Å². The van der Waals surface area contributed by atoms with Crippen LogP contribution in [0.25, 0.3) is 5.52 Å². The van der Waals surface area contributed by atoms with Crippen LogP contribution in [0.5, 0.6) is 0 Å². The van der Waals surface area contributed by atoms with Gasteiger partial charge in [0.1, 0.15) is 16.2 Å². The molecule has 0 spiro atoms. The van der Waals surface area contributed by atoms with Gasteiger partial charge < -0.3 is 0 Å². The number of aromatic nitrogens is 3. The van der Waals surface area contributed by atoms with Gasteiger partial charge in [0.2, 0.25) is 0 Å². The molecule has 7 nitrogen and oxygen atoms in total. The van der Waals surface area contributed by atoms with Gasteiger partial charge in [0, 0.05) is 19.7 Å². The summed E-state index contributed by atoms with van der Waals surface area (Å²) in [6, 6.07) is 6.82. The van der Waals surface area contributed by atoms with Crippen molar-refractivity contribution in [3.63, 3.8) is 0 Å². The molecule has 0 radical (unpaired) electrons. The molecule has 0 aliphatic carbocycles. The summed E-state index contributed by atoms with van der Waals surface area (Å²) in [6.07, 6.45) is 2.01. The van der Waals surface area contributed by atoms with Crippen LogP contribution in [0.2, 0.25) is 0 Å². The molecule has 25 heavy (non-hydrogen) atoms. The Balaban J connectivity index is 2.13. The Bertz CT molecular complexity index is 1130. The van der Waals surface area contributed by atoms with E-state index in [0.29, 0.717) is 17.9 Å². The molecule has 3 aromatic rings. The topological polar surface area (TPSA) is 85.5 Å². The first-order chi connectivity index (χ1) is 11.7. The second-order valence-electron chi connectivity index (χ2n) is 5.98. The number of anilines is 1. The van der Waals surface area contributed by atoms with Crippen LogP contribution < -0.4 is 10.3 Å². The predicted octanol–water partition coefficient (Wildman–Crippen LogP) is 2.01. The van der Waals surface area contributed by atoms with E-state index in [0.717, 1.165) is 11.1 Å². The molecule has 0 unspecified atom stereocenters. The highest BCUT2D eigenvalue weighted by molar-refractivity contribution is 7.92. The summed E-state index contributed by atoms with van der Waals surface area (Å²) in [6.45, 7) is 5.68. The zero-order valence-corrected chi connectivity index (χ0v) is 15.4. The van der Waals surface area contributed by atoms with E-state index >= 15 is 0 Å². The maximum absolute atomic E-state index is 12.8. The molecule has 0 amide bonds. The highest BCUT2D eigenvalue weighted by atomic mass is 32.2. The van der Waals surface area contributed by atoms with Crippen molar-refractivity contribution in [3.8, 4) is 0 Å². The molecule has 0 atom stereocenters. The highest BCUT2D eigenvalue weighted by Gasteiger charge is 2.20. The third-order valence-electron chi connectivity index (χ3n) is 4.33. The van der Waals surface area contributed by atoms with Crippen molar-refractivity contribution in [2.45, 2.75) is 32.1 Å². The maximum Gasteiger partial charge on any atom is 0.290 e. The van der Waals surface area contributed by atoms with Gasteiger partial charge in [0.15, 0.2) is 0 Å². The van der Waals surface area contributed by atoms with E-state index in [-0.39, 0.29) is 16.0 Å². The van der Waals surface area contributed by atoms with E-state index in [4.69, 9.17) is 0 Å². The van der Waals surface area contributed by atoms with Gasteiger partial charge in [-0.05, 0) is 37.1 Å². The number of benzene rings is 1. The number of rotatable bonds is 4. The van der Waals surface area contributed by atoms with Gasteiger partial charge in [-0.1, -0.05) is 19.1 Å². The monoisotopic (exact) mass is 360 g/mol. The first-order valence-electron chi connectivity index (χ1n) is 7.92. The molecular weight excluding hydrogens is 340 g/mol. The fourth-order valence-electron chi connectivity index (χ4n) is 2.70. The normalized spacial score (nSPS) is 11.8. The molecule has 0 saturated heterocycles. The average Bonchev–Trinajstić information content (AvgIpc) is 3.02. The molecule has 3 rings (SSSR count). The molecule has 0 aliphatic rings. The summed E-state index contributed by atoms with van der Waals surface area (Å²) in [5.74, 6) is 0.616. The molecule has 2 aromatic heterocycles. The maximum atomic E-state index is 12.8. The Kier molecular flexibility index (Phi) is 4.16. The minimum absolute atomic E-state index is 0.0354. The van der Waals surface area contributed by atoms with Gasteiger partial charge in [-0.25, -0.2) is 13.1 Å². The van der Waals surface area contributed by atoms with Gasteiger partial charge >= 0.3 is 0 Å². The van der Waals surface area contributed by atoms with E-state index in [2.05, 4.69) is 9.82 Å². The summed E-state index contributed by atoms with van der Waals surface area (Å²) < 4.78 is 30.9. The predicted molar refractivity (Wildman–Crippen MR) is 96.5 cm³/mol. The molecular formula is C17H20N4O3S. The molecule has 0 saturated carbocycles. The largest absolute Gasteiger partial charge is 0.297 e. The minimum atomic E-state index is -3.82. The van der Waals surface area contributed by atoms with E-state index in [9.17, 15) is 13.2 Å². The van der Waals surface area contributed by atoms with Crippen LogP contribution in [-0.2, 0) is 23.5 Å². The first kappa shape index (κ1) is 17.2. The van der Waals surface area contributed by atoms with Crippen molar-refractivity contribution in [1.29, 1.82) is 0 Å². The average molecular weight is 360 g/mol. The standard InChI is InChI=1S/C17H20N4O3S/c1-5-16-18-20(4)17(22)15-9-13(10-21(15)16)25(23,24)19-14-8-6-7-11(2)12(14)3/h6-10,19H,5H2,1-4H3. The summed E-state index contributed by atoms with van der Waals surface area (Å²) in [7, 11) is -2.26. The van der Waals surface area contributed by atoms with Crippen LogP contribution in [0.3, 0.4) is 0 Å². The lowest BCUT2D eigenvalue weighted by molar-refractivity contribution is 0.601. The Morgan fingerprint density at radius 3 is 2.64 bits per heavy atom. The van der Waals surface area contributed by atoms with Crippen molar-refractivity contribution >= 4 is 21.2 Å². The van der Waals surface area contributed by atoms with Crippen LogP contribution in [-0.4, -0.2) is 22.6 Å². The molecule has 0 fully saturated rings. The molecule has 1 N–H and O–H groups in total. The fourth-order valence-corrected chi connectivity index (χ4v) is 3.84. The first-order valence-corrected chi connectivity index (χ1v) is 9.40. The quantitative estimate of drug-likeness (QED) is 0.771. The van der Waals surface area contributed by atoms with E-state index in [1.807, 2.05) is 26.8 Å². The Hall–Kier alpha value is -2.61. The number of nitrogens with one attached hydrogen (secondary N) is 1. The number of hydrogen-bond acceptors (Lipinski definition) is 4. The minimum Gasteiger partial charge on any atom is -0.297 e. The Labute approximate surface area is 146 Å². The molecule has 132 valence electrons. The van der Waals surface area contributed by atoms with Crippen LogP contribution in [0.15, 0.2) is 40.2 Å². The number of fused-ring (bicyclic) bond motifs is 1. The summed E-state index contributed by atoms with van der Waals surface area (Å²) >= 11 is 0.